The van der Waals surface area contributed by atoms with Gasteiger partial charge in [0.1, 0.15) is 24.1 Å². The van der Waals surface area contributed by atoms with Crippen LogP contribution in [0.1, 0.15) is 19.9 Å². The van der Waals surface area contributed by atoms with Crippen molar-refractivity contribution in [1.82, 2.24) is 19.4 Å². The van der Waals surface area contributed by atoms with Crippen LogP contribution in [0.25, 0.3) is 22.0 Å². The van der Waals surface area contributed by atoms with E-state index in [-0.39, 0.29) is 71.5 Å². The molecule has 3 aromatic rings. The monoisotopic (exact) mass is 681 g/mol. The van der Waals surface area contributed by atoms with Gasteiger partial charge in [0.05, 0.1) is 28.1 Å². The Morgan fingerprint density at radius 3 is 2.53 bits per heavy atom. The highest BCUT2D eigenvalue weighted by molar-refractivity contribution is 7.91. The van der Waals surface area contributed by atoms with E-state index in [1.165, 1.54) is 16.7 Å². The molecule has 45 heavy (non-hydrogen) atoms. The van der Waals surface area contributed by atoms with Gasteiger partial charge in [-0.15, -0.1) is 0 Å². The van der Waals surface area contributed by atoms with Crippen molar-refractivity contribution < 1.29 is 26.7 Å². The van der Waals surface area contributed by atoms with Crippen LogP contribution < -0.4 is 15.3 Å². The topological polar surface area (TPSA) is 105 Å². The number of aromatic nitrogens is 2. The molecule has 0 spiro atoms. The minimum absolute atomic E-state index is 0. The van der Waals surface area contributed by atoms with Gasteiger partial charge in [0.25, 0.3) is 0 Å². The number of sulfone groups is 1. The van der Waals surface area contributed by atoms with E-state index < -0.39 is 33.2 Å². The lowest BCUT2D eigenvalue weighted by atomic mass is 9.99. The first-order valence-corrected chi connectivity index (χ1v) is 16.6. The number of carbonyl (C=O) groups is 1. The molecule has 2 aromatic carbocycles. The molecule has 0 unspecified atom stereocenters. The highest BCUT2D eigenvalue weighted by Crippen LogP contribution is 2.47. The van der Waals surface area contributed by atoms with Crippen LogP contribution in [0.15, 0.2) is 41.7 Å². The van der Waals surface area contributed by atoms with Gasteiger partial charge in [-0.05, 0) is 38.1 Å². The number of rotatable bonds is 5. The van der Waals surface area contributed by atoms with E-state index in [1.54, 1.807) is 11.0 Å². The second kappa shape index (κ2) is 12.5. The summed E-state index contributed by atoms with van der Waals surface area (Å²) in [6.07, 6.45) is 1.27. The Kier molecular flexibility index (Phi) is 9.24. The fourth-order valence-corrected chi connectivity index (χ4v) is 8.01. The fraction of sp³-hybridized carbons (Fsp3) is 0.433. The van der Waals surface area contributed by atoms with Crippen molar-refractivity contribution in [3.63, 3.8) is 0 Å². The standard InChI is InChI=1S/C30H32ClF2N5O5S.H2S/c1-4-25(39)36-13-18(3)37(14-17(36)2)29-22-12-23(31)26(21-6-5-19(32)11-24(21)33)28-27(22)38(30(40)34-29)20(16-43-28)15-35-7-9-44(41,42)10-8-35;/h4-6,11-12,17-18,20H,1,7-10,13-16H2,2-3H3;1H2/t17-,18+,20+;/m1./s1. The molecule has 0 aliphatic carbocycles. The molecule has 3 aliphatic rings. The van der Waals surface area contributed by atoms with Crippen LogP contribution in [0.4, 0.5) is 14.6 Å². The predicted octanol–water partition coefficient (Wildman–Crippen LogP) is 3.38. The number of piperazine rings is 1. The highest BCUT2D eigenvalue weighted by atomic mass is 35.5. The van der Waals surface area contributed by atoms with Gasteiger partial charge in [0.15, 0.2) is 15.6 Å². The number of carbonyl (C=O) groups excluding carboxylic acids is 1. The Hall–Kier alpha value is -3.20. The fourth-order valence-electron chi connectivity index (χ4n) is 6.43. The van der Waals surface area contributed by atoms with Gasteiger partial charge in [-0.1, -0.05) is 18.2 Å². The Labute approximate surface area is 271 Å². The van der Waals surface area contributed by atoms with Gasteiger partial charge in [0, 0.05) is 67.4 Å². The predicted molar refractivity (Wildman–Crippen MR) is 175 cm³/mol. The molecule has 0 N–H and O–H groups in total. The largest absolute Gasteiger partial charge is 0.488 e. The molecule has 3 aliphatic heterocycles. The summed E-state index contributed by atoms with van der Waals surface area (Å²) in [5.41, 5.74) is 0.0219. The Morgan fingerprint density at radius 1 is 1.16 bits per heavy atom. The summed E-state index contributed by atoms with van der Waals surface area (Å²) in [4.78, 5) is 36.6. The lowest BCUT2D eigenvalue weighted by Crippen LogP contribution is -2.58. The lowest BCUT2D eigenvalue weighted by Gasteiger charge is -2.45. The van der Waals surface area contributed by atoms with E-state index in [1.807, 2.05) is 23.6 Å². The smallest absolute Gasteiger partial charge is 0.350 e. The summed E-state index contributed by atoms with van der Waals surface area (Å²) >= 11 is 6.82. The molecule has 10 nitrogen and oxygen atoms in total. The molecule has 3 atom stereocenters. The van der Waals surface area contributed by atoms with Crippen molar-refractivity contribution in [2.75, 3.05) is 55.7 Å². The molecular formula is C30H34ClF2N5O5S2. The van der Waals surface area contributed by atoms with Crippen molar-refractivity contribution in [3.05, 3.63) is 64.1 Å². The Morgan fingerprint density at radius 2 is 1.87 bits per heavy atom. The molecule has 1 amide bonds. The lowest BCUT2D eigenvalue weighted by molar-refractivity contribution is -0.128. The number of hydrogen-bond acceptors (Lipinski definition) is 8. The van der Waals surface area contributed by atoms with Gasteiger partial charge in [0.2, 0.25) is 5.91 Å². The van der Waals surface area contributed by atoms with Crippen LogP contribution in [-0.2, 0) is 14.6 Å². The summed E-state index contributed by atoms with van der Waals surface area (Å²) in [6.45, 7) is 9.18. The van der Waals surface area contributed by atoms with E-state index in [0.717, 1.165) is 12.1 Å². The quantitative estimate of drug-likeness (QED) is 0.378. The number of amides is 1. The van der Waals surface area contributed by atoms with Crippen molar-refractivity contribution >= 4 is 57.6 Å². The average Bonchev–Trinajstić information content (AvgIpc) is 2.97. The third kappa shape index (κ3) is 6.05. The highest BCUT2D eigenvalue weighted by Gasteiger charge is 2.37. The minimum Gasteiger partial charge on any atom is -0.488 e. The van der Waals surface area contributed by atoms with E-state index in [2.05, 4.69) is 11.6 Å². The third-order valence-electron chi connectivity index (χ3n) is 8.70. The number of nitrogens with zero attached hydrogens (tertiary/aromatic N) is 5. The molecule has 0 bridgehead atoms. The Balaban J connectivity index is 0.00000400. The van der Waals surface area contributed by atoms with E-state index >= 15 is 4.39 Å². The van der Waals surface area contributed by atoms with Crippen LogP contribution >= 0.6 is 25.1 Å². The maximum atomic E-state index is 15.1. The van der Waals surface area contributed by atoms with Gasteiger partial charge in [-0.3, -0.25) is 14.3 Å². The Bertz CT molecular complexity index is 1840. The summed E-state index contributed by atoms with van der Waals surface area (Å²) in [6, 6.07) is 3.82. The summed E-state index contributed by atoms with van der Waals surface area (Å²) in [5, 5.41) is 0.636. The molecule has 1 aromatic heterocycles. The van der Waals surface area contributed by atoms with Crippen molar-refractivity contribution in [3.8, 4) is 16.9 Å². The summed E-state index contributed by atoms with van der Waals surface area (Å²) < 4.78 is 60.8. The first kappa shape index (κ1) is 33.2. The molecule has 6 rings (SSSR count). The van der Waals surface area contributed by atoms with Crippen molar-refractivity contribution in [2.24, 2.45) is 0 Å². The zero-order valence-corrected chi connectivity index (χ0v) is 27.4. The molecule has 15 heteroatoms. The molecule has 4 heterocycles. The van der Waals surface area contributed by atoms with Crippen LogP contribution in [0.3, 0.4) is 0 Å². The average molecular weight is 682 g/mol. The number of halogens is 3. The van der Waals surface area contributed by atoms with Crippen LogP contribution in [0.5, 0.6) is 5.75 Å². The molecule has 2 fully saturated rings. The SMILES string of the molecule is C=CC(=O)N1C[C@H](C)N(c2nc(=O)n3c4c(c(-c5ccc(F)cc5F)c(Cl)cc24)OC[C@@H]3CN2CCS(=O)(=O)CC2)C[C@H]1C.S. The first-order valence-electron chi connectivity index (χ1n) is 14.4. The second-order valence-corrected chi connectivity index (χ2v) is 14.3. The molecule has 242 valence electrons. The number of benzene rings is 2. The van der Waals surface area contributed by atoms with Crippen molar-refractivity contribution in [1.29, 1.82) is 0 Å². The van der Waals surface area contributed by atoms with Crippen LogP contribution in [0.2, 0.25) is 5.02 Å². The van der Waals surface area contributed by atoms with Gasteiger partial charge < -0.3 is 14.5 Å². The van der Waals surface area contributed by atoms with Gasteiger partial charge in [-0.25, -0.2) is 22.0 Å². The normalized spacial score (nSPS) is 22.9. The molecule has 0 radical (unpaired) electrons. The third-order valence-corrected chi connectivity index (χ3v) is 10.6. The number of anilines is 1. The van der Waals surface area contributed by atoms with E-state index in [4.69, 9.17) is 16.3 Å². The minimum atomic E-state index is -3.11. The van der Waals surface area contributed by atoms with E-state index in [0.29, 0.717) is 49.4 Å². The van der Waals surface area contributed by atoms with Crippen molar-refractivity contribution in [2.45, 2.75) is 32.0 Å². The maximum absolute atomic E-state index is 15.1. The van der Waals surface area contributed by atoms with Gasteiger partial charge >= 0.3 is 5.69 Å². The zero-order chi connectivity index (χ0) is 31.5. The van der Waals surface area contributed by atoms with Crippen LogP contribution in [0, 0.1) is 11.6 Å². The summed E-state index contributed by atoms with van der Waals surface area (Å²) in [5.74, 6) is -1.19. The first-order chi connectivity index (χ1) is 20.9. The summed E-state index contributed by atoms with van der Waals surface area (Å²) in [7, 11) is -3.11. The maximum Gasteiger partial charge on any atom is 0.350 e. The molecular weight excluding hydrogens is 648 g/mol. The number of hydrogen-bond donors (Lipinski definition) is 0. The van der Waals surface area contributed by atoms with E-state index in [9.17, 15) is 22.4 Å². The van der Waals surface area contributed by atoms with Gasteiger partial charge in [-0.2, -0.15) is 18.5 Å². The second-order valence-electron chi connectivity index (χ2n) is 11.6. The number of ether oxygens (including phenoxy) is 1. The molecule has 0 saturated carbocycles. The zero-order valence-electron chi connectivity index (χ0n) is 24.8. The van der Waals surface area contributed by atoms with Crippen LogP contribution in [-0.4, -0.2) is 96.6 Å². The molecule has 2 saturated heterocycles.